The van der Waals surface area contributed by atoms with Crippen molar-refractivity contribution in [1.29, 1.82) is 0 Å². The zero-order valence-corrected chi connectivity index (χ0v) is 14.0. The van der Waals surface area contributed by atoms with Crippen LogP contribution in [0.4, 0.5) is 15.8 Å². The lowest BCUT2D eigenvalue weighted by Gasteiger charge is -2.35. The zero-order chi connectivity index (χ0) is 18.0. The minimum absolute atomic E-state index is 0.298. The van der Waals surface area contributed by atoms with E-state index in [4.69, 9.17) is 5.73 Å². The van der Waals surface area contributed by atoms with E-state index in [1.807, 2.05) is 23.1 Å². The van der Waals surface area contributed by atoms with Crippen molar-refractivity contribution in [1.82, 2.24) is 0 Å². The Balaban J connectivity index is 1.88. The fraction of sp³-hybridized carbons (Fsp3) is 0.263. The molecule has 1 heterocycles. The average Bonchev–Trinajstić information content (AvgIpc) is 2.61. The minimum Gasteiger partial charge on any atom is -0.368 e. The third kappa shape index (κ3) is 3.47. The zero-order valence-electron chi connectivity index (χ0n) is 14.0. The van der Waals surface area contributed by atoms with Crippen LogP contribution in [0.15, 0.2) is 42.5 Å². The molecule has 1 atom stereocenters. The van der Waals surface area contributed by atoms with Gasteiger partial charge in [-0.2, -0.15) is 0 Å². The number of halogens is 1. The number of hydrogen-bond acceptors (Lipinski definition) is 3. The number of fused-ring (bicyclic) bond motifs is 1. The Morgan fingerprint density at radius 1 is 1.20 bits per heavy atom. The van der Waals surface area contributed by atoms with Crippen molar-refractivity contribution in [2.75, 3.05) is 16.8 Å². The Morgan fingerprint density at radius 3 is 2.60 bits per heavy atom. The predicted molar refractivity (Wildman–Crippen MR) is 95.1 cm³/mol. The SMILES string of the molecule is C[C@H](C(N)=O)N1CCCc2c(NC(=O)c3ccc(F)cc3)cccc21. The third-order valence-electron chi connectivity index (χ3n) is 4.52. The normalized spacial score (nSPS) is 14.6. The highest BCUT2D eigenvalue weighted by molar-refractivity contribution is 6.05. The van der Waals surface area contributed by atoms with E-state index >= 15 is 0 Å². The van der Waals surface area contributed by atoms with E-state index in [1.54, 1.807) is 6.92 Å². The van der Waals surface area contributed by atoms with Crippen LogP contribution < -0.4 is 16.0 Å². The summed E-state index contributed by atoms with van der Waals surface area (Å²) in [5.74, 6) is -1.06. The predicted octanol–water partition coefficient (Wildman–Crippen LogP) is 2.70. The highest BCUT2D eigenvalue weighted by Crippen LogP contribution is 2.34. The summed E-state index contributed by atoms with van der Waals surface area (Å²) < 4.78 is 13.0. The second kappa shape index (κ2) is 6.93. The van der Waals surface area contributed by atoms with E-state index in [-0.39, 0.29) is 17.6 Å². The molecule has 25 heavy (non-hydrogen) atoms. The maximum Gasteiger partial charge on any atom is 0.255 e. The molecule has 1 aliphatic rings. The Bertz CT molecular complexity index is 805. The van der Waals surface area contributed by atoms with Gasteiger partial charge in [-0.15, -0.1) is 0 Å². The fourth-order valence-electron chi connectivity index (χ4n) is 3.12. The first-order chi connectivity index (χ1) is 12.0. The molecule has 0 aromatic heterocycles. The highest BCUT2D eigenvalue weighted by Gasteiger charge is 2.26. The molecule has 0 spiro atoms. The molecule has 3 rings (SSSR count). The van der Waals surface area contributed by atoms with E-state index in [9.17, 15) is 14.0 Å². The molecule has 130 valence electrons. The molecule has 0 bridgehead atoms. The first kappa shape index (κ1) is 17.0. The molecule has 0 saturated carbocycles. The van der Waals surface area contributed by atoms with E-state index < -0.39 is 6.04 Å². The summed E-state index contributed by atoms with van der Waals surface area (Å²) in [6, 6.07) is 10.6. The number of benzene rings is 2. The van der Waals surface area contributed by atoms with Crippen molar-refractivity contribution in [2.45, 2.75) is 25.8 Å². The topological polar surface area (TPSA) is 75.4 Å². The Kier molecular flexibility index (Phi) is 4.70. The van der Waals surface area contributed by atoms with Crippen molar-refractivity contribution in [3.05, 3.63) is 59.4 Å². The lowest BCUT2D eigenvalue weighted by atomic mass is 9.98. The number of anilines is 2. The third-order valence-corrected chi connectivity index (χ3v) is 4.52. The monoisotopic (exact) mass is 341 g/mol. The highest BCUT2D eigenvalue weighted by atomic mass is 19.1. The second-order valence-electron chi connectivity index (χ2n) is 6.14. The number of nitrogens with two attached hydrogens (primary N) is 1. The first-order valence-electron chi connectivity index (χ1n) is 8.22. The van der Waals surface area contributed by atoms with Gasteiger partial charge in [0, 0.05) is 23.5 Å². The van der Waals surface area contributed by atoms with Crippen LogP contribution >= 0.6 is 0 Å². The van der Waals surface area contributed by atoms with Crippen molar-refractivity contribution in [2.24, 2.45) is 5.73 Å². The Hall–Kier alpha value is -2.89. The maximum atomic E-state index is 13.0. The van der Waals surface area contributed by atoms with E-state index in [0.717, 1.165) is 30.6 Å². The fourth-order valence-corrected chi connectivity index (χ4v) is 3.12. The van der Waals surface area contributed by atoms with Crippen molar-refractivity contribution in [3.63, 3.8) is 0 Å². The summed E-state index contributed by atoms with van der Waals surface area (Å²) in [5.41, 5.74) is 8.43. The smallest absolute Gasteiger partial charge is 0.255 e. The van der Waals surface area contributed by atoms with Gasteiger partial charge >= 0.3 is 0 Å². The van der Waals surface area contributed by atoms with Crippen molar-refractivity contribution in [3.8, 4) is 0 Å². The van der Waals surface area contributed by atoms with E-state index in [1.165, 1.54) is 24.3 Å². The molecule has 2 aromatic carbocycles. The van der Waals surface area contributed by atoms with Gasteiger partial charge in [-0.05, 0) is 61.7 Å². The minimum atomic E-state index is -0.415. The Morgan fingerprint density at radius 2 is 1.92 bits per heavy atom. The quantitative estimate of drug-likeness (QED) is 0.898. The van der Waals surface area contributed by atoms with Crippen LogP contribution in [0.25, 0.3) is 0 Å². The molecule has 2 amide bonds. The van der Waals surface area contributed by atoms with Gasteiger partial charge in [0.1, 0.15) is 11.9 Å². The maximum absolute atomic E-state index is 13.0. The average molecular weight is 341 g/mol. The standard InChI is InChI=1S/C19H20FN3O2/c1-12(18(21)24)23-11-3-4-15-16(5-2-6-17(15)23)22-19(25)13-7-9-14(20)10-8-13/h2,5-10,12H,3-4,11H2,1H3,(H2,21,24)(H,22,25)/t12-/m1/s1. The van der Waals surface area contributed by atoms with Crippen LogP contribution in [0.3, 0.4) is 0 Å². The number of nitrogens with zero attached hydrogens (tertiary/aromatic N) is 1. The van der Waals surface area contributed by atoms with Crippen LogP contribution in [-0.2, 0) is 11.2 Å². The van der Waals surface area contributed by atoms with Crippen LogP contribution in [-0.4, -0.2) is 24.4 Å². The van der Waals surface area contributed by atoms with Gasteiger partial charge in [-0.3, -0.25) is 9.59 Å². The van der Waals surface area contributed by atoms with Gasteiger partial charge in [0.15, 0.2) is 0 Å². The molecule has 2 aromatic rings. The van der Waals surface area contributed by atoms with Crippen LogP contribution in [0.2, 0.25) is 0 Å². The molecule has 0 fully saturated rings. The summed E-state index contributed by atoms with van der Waals surface area (Å²) in [6.45, 7) is 2.52. The number of primary amides is 1. The van der Waals surface area contributed by atoms with Crippen LogP contribution in [0, 0.1) is 5.82 Å². The summed E-state index contributed by atoms with van der Waals surface area (Å²) in [5, 5.41) is 2.89. The van der Waals surface area contributed by atoms with Crippen LogP contribution in [0.5, 0.6) is 0 Å². The molecule has 3 N–H and O–H groups in total. The van der Waals surface area contributed by atoms with Crippen molar-refractivity contribution < 1.29 is 14.0 Å². The molecule has 0 radical (unpaired) electrons. The number of nitrogens with one attached hydrogen (secondary N) is 1. The van der Waals surface area contributed by atoms with Gasteiger partial charge in [0.05, 0.1) is 0 Å². The van der Waals surface area contributed by atoms with E-state index in [2.05, 4.69) is 5.32 Å². The lowest BCUT2D eigenvalue weighted by molar-refractivity contribution is -0.119. The Labute approximate surface area is 145 Å². The van der Waals surface area contributed by atoms with Gasteiger partial charge < -0.3 is 16.0 Å². The molecule has 1 aliphatic heterocycles. The molecule has 6 heteroatoms. The number of hydrogen-bond donors (Lipinski definition) is 2. The molecular formula is C19H20FN3O2. The molecular weight excluding hydrogens is 321 g/mol. The van der Waals surface area contributed by atoms with Gasteiger partial charge in [-0.25, -0.2) is 4.39 Å². The number of carbonyl (C=O) groups excluding carboxylic acids is 2. The lowest BCUT2D eigenvalue weighted by Crippen LogP contribution is -2.45. The molecule has 5 nitrogen and oxygen atoms in total. The summed E-state index contributed by atoms with van der Waals surface area (Å²) in [6.07, 6.45) is 1.67. The van der Waals surface area contributed by atoms with Gasteiger partial charge in [-0.1, -0.05) is 6.07 Å². The summed E-state index contributed by atoms with van der Waals surface area (Å²) >= 11 is 0. The first-order valence-corrected chi connectivity index (χ1v) is 8.22. The van der Waals surface area contributed by atoms with Crippen LogP contribution in [0.1, 0.15) is 29.3 Å². The molecule has 0 unspecified atom stereocenters. The second-order valence-corrected chi connectivity index (χ2v) is 6.14. The summed E-state index contributed by atoms with van der Waals surface area (Å²) in [7, 11) is 0. The van der Waals surface area contributed by atoms with Crippen molar-refractivity contribution >= 4 is 23.2 Å². The molecule has 0 aliphatic carbocycles. The van der Waals surface area contributed by atoms with Gasteiger partial charge in [0.25, 0.3) is 5.91 Å². The largest absolute Gasteiger partial charge is 0.368 e. The summed E-state index contributed by atoms with van der Waals surface area (Å²) in [4.78, 5) is 25.9. The van der Waals surface area contributed by atoms with E-state index in [0.29, 0.717) is 11.3 Å². The number of amides is 2. The molecule has 0 saturated heterocycles. The number of carbonyl (C=O) groups is 2. The number of rotatable bonds is 4. The van der Waals surface area contributed by atoms with Gasteiger partial charge in [0.2, 0.25) is 5.91 Å².